The molecule has 1 aliphatic rings. The van der Waals surface area contributed by atoms with Crippen LogP contribution in [0.1, 0.15) is 34.5 Å². The van der Waals surface area contributed by atoms with Crippen LogP contribution >= 0.6 is 11.3 Å². The summed E-state index contributed by atoms with van der Waals surface area (Å²) in [5.74, 6) is -0.899. The molecule has 1 fully saturated rings. The molecular weight excluding hydrogens is 494 g/mol. The lowest BCUT2D eigenvalue weighted by Gasteiger charge is -2.31. The van der Waals surface area contributed by atoms with E-state index in [0.717, 1.165) is 15.8 Å². The smallest absolute Gasteiger partial charge is 0.335 e. The van der Waals surface area contributed by atoms with Gasteiger partial charge in [-0.3, -0.25) is 0 Å². The van der Waals surface area contributed by atoms with E-state index in [1.54, 1.807) is 18.2 Å². The molecule has 0 spiro atoms. The normalized spacial score (nSPS) is 21.3. The number of rotatable bonds is 8. The van der Waals surface area contributed by atoms with Crippen LogP contribution in [0.3, 0.4) is 0 Å². The lowest BCUT2D eigenvalue weighted by atomic mass is 10.0. The largest absolute Gasteiger partial charge is 0.478 e. The average molecular weight is 522 g/mol. The van der Waals surface area contributed by atoms with E-state index in [2.05, 4.69) is 20.6 Å². The van der Waals surface area contributed by atoms with Crippen molar-refractivity contribution >= 4 is 39.3 Å². The molecule has 0 unspecified atom stereocenters. The number of aromatic carboxylic acids is 1. The fraction of sp³-hybridized carbons (Fsp3) is 0.308. The van der Waals surface area contributed by atoms with Crippen LogP contribution in [0.25, 0.3) is 20.8 Å². The number of aliphatic hydroxyl groups excluding tert-OH is 2. The molecule has 4 aromatic rings. The molecular formula is C26H27N5O5S. The molecule has 0 radical (unpaired) electrons. The molecule has 3 atom stereocenters. The van der Waals surface area contributed by atoms with E-state index >= 15 is 0 Å². The second-order valence-electron chi connectivity index (χ2n) is 9.18. The maximum Gasteiger partial charge on any atom is 0.335 e. The summed E-state index contributed by atoms with van der Waals surface area (Å²) < 4.78 is 0.989. The molecule has 0 saturated heterocycles. The number of thiazole rings is 1. The third-order valence-electron chi connectivity index (χ3n) is 6.62. The minimum absolute atomic E-state index is 0.181. The molecule has 2 aromatic heterocycles. The molecule has 1 aliphatic carbocycles. The highest BCUT2D eigenvalue weighted by Gasteiger charge is 2.47. The molecule has 2 heterocycles. The molecule has 11 heteroatoms. The summed E-state index contributed by atoms with van der Waals surface area (Å²) in [6.45, 7) is 1.86. The molecule has 5 rings (SSSR count). The number of para-hydroxylation sites is 1. The Balaban J connectivity index is 1.52. The number of hydrogen-bond acceptors (Lipinski definition) is 10. The van der Waals surface area contributed by atoms with Crippen LogP contribution in [0.5, 0.6) is 0 Å². The van der Waals surface area contributed by atoms with Crippen LogP contribution in [0.15, 0.2) is 48.5 Å². The predicted octanol–water partition coefficient (Wildman–Crippen LogP) is 3.24. The first kappa shape index (κ1) is 25.0. The van der Waals surface area contributed by atoms with Crippen molar-refractivity contribution in [1.82, 2.24) is 15.0 Å². The number of nitrogens with zero attached hydrogens (tertiary/aromatic N) is 3. The number of carboxylic acids is 1. The minimum Gasteiger partial charge on any atom is -0.478 e. The second-order valence-corrected chi connectivity index (χ2v) is 10.2. The summed E-state index contributed by atoms with van der Waals surface area (Å²) in [6.07, 6.45) is -0.509. The molecule has 0 amide bonds. The Hall–Kier alpha value is -3.64. The van der Waals surface area contributed by atoms with Crippen molar-refractivity contribution in [3.8, 4) is 10.6 Å². The van der Waals surface area contributed by atoms with Gasteiger partial charge in [0.25, 0.3) is 0 Å². The monoisotopic (exact) mass is 521 g/mol. The first-order valence-electron chi connectivity index (χ1n) is 11.9. The number of carbonyl (C=O) groups is 1. The molecule has 10 nitrogen and oxygen atoms in total. The Morgan fingerprint density at radius 1 is 1.16 bits per heavy atom. The number of anilines is 2. The fourth-order valence-corrected chi connectivity index (χ4v) is 5.67. The highest BCUT2D eigenvalue weighted by molar-refractivity contribution is 7.21. The number of nitrogens with one attached hydrogen (secondary N) is 2. The predicted molar refractivity (Wildman–Crippen MR) is 141 cm³/mol. The maximum atomic E-state index is 11.3. The van der Waals surface area contributed by atoms with Crippen molar-refractivity contribution in [3.63, 3.8) is 0 Å². The van der Waals surface area contributed by atoms with Gasteiger partial charge in [-0.2, -0.15) is 4.98 Å². The first-order chi connectivity index (χ1) is 17.8. The summed E-state index contributed by atoms with van der Waals surface area (Å²) >= 11 is 1.47. The lowest BCUT2D eigenvalue weighted by Crippen LogP contribution is -2.48. The van der Waals surface area contributed by atoms with E-state index in [1.807, 2.05) is 31.2 Å². The number of aliphatic hydroxyl groups is 3. The molecule has 192 valence electrons. The van der Waals surface area contributed by atoms with E-state index < -0.39 is 23.7 Å². The van der Waals surface area contributed by atoms with Crippen LogP contribution in [-0.4, -0.2) is 59.8 Å². The lowest BCUT2D eigenvalue weighted by molar-refractivity contribution is -0.0545. The average Bonchev–Trinajstić information content (AvgIpc) is 3.43. The molecule has 2 aromatic carbocycles. The van der Waals surface area contributed by atoms with E-state index in [-0.39, 0.29) is 31.1 Å². The van der Waals surface area contributed by atoms with Gasteiger partial charge >= 0.3 is 5.97 Å². The number of aromatic nitrogens is 3. The zero-order valence-electron chi connectivity index (χ0n) is 20.0. The van der Waals surface area contributed by atoms with Crippen molar-refractivity contribution < 1.29 is 25.2 Å². The summed E-state index contributed by atoms with van der Waals surface area (Å²) in [5.41, 5.74) is 1.27. The topological polar surface area (TPSA) is 161 Å². The highest BCUT2D eigenvalue weighted by atomic mass is 32.1. The maximum absolute atomic E-state index is 11.3. The Labute approximate surface area is 216 Å². The van der Waals surface area contributed by atoms with Crippen molar-refractivity contribution in [1.29, 1.82) is 0 Å². The third-order valence-corrected chi connectivity index (χ3v) is 7.68. The van der Waals surface area contributed by atoms with E-state index in [9.17, 15) is 25.2 Å². The number of hydrogen-bond donors (Lipinski definition) is 6. The Bertz CT molecular complexity index is 1430. The second kappa shape index (κ2) is 10.0. The summed E-state index contributed by atoms with van der Waals surface area (Å²) in [5, 5.41) is 47.7. The Kier molecular flexibility index (Phi) is 6.78. The summed E-state index contributed by atoms with van der Waals surface area (Å²) in [7, 11) is 0. The number of fused-ring (bicyclic) bond motifs is 1. The van der Waals surface area contributed by atoms with Gasteiger partial charge in [0.15, 0.2) is 5.72 Å². The van der Waals surface area contributed by atoms with Gasteiger partial charge < -0.3 is 31.1 Å². The van der Waals surface area contributed by atoms with Gasteiger partial charge in [-0.05, 0) is 49.6 Å². The van der Waals surface area contributed by atoms with Crippen LogP contribution in [0.4, 0.5) is 11.8 Å². The quantitative estimate of drug-likeness (QED) is 0.190. The van der Waals surface area contributed by atoms with Crippen LogP contribution in [-0.2, 0) is 6.54 Å². The van der Waals surface area contributed by atoms with E-state index in [1.165, 1.54) is 17.4 Å². The van der Waals surface area contributed by atoms with Crippen molar-refractivity contribution in [2.24, 2.45) is 5.92 Å². The molecule has 6 N–H and O–H groups in total. The van der Waals surface area contributed by atoms with Crippen molar-refractivity contribution in [3.05, 3.63) is 65.4 Å². The molecule has 1 saturated carbocycles. The number of aryl methyl sites for hydroxylation is 1. The van der Waals surface area contributed by atoms with Crippen LogP contribution in [0.2, 0.25) is 0 Å². The van der Waals surface area contributed by atoms with Gasteiger partial charge in [-0.15, -0.1) is 11.3 Å². The zero-order valence-corrected chi connectivity index (χ0v) is 20.9. The first-order valence-corrected chi connectivity index (χ1v) is 12.7. The zero-order chi connectivity index (χ0) is 26.2. The van der Waals surface area contributed by atoms with Crippen molar-refractivity contribution in [2.75, 3.05) is 17.2 Å². The van der Waals surface area contributed by atoms with Gasteiger partial charge in [0.05, 0.1) is 27.0 Å². The number of benzene rings is 2. The van der Waals surface area contributed by atoms with Crippen molar-refractivity contribution in [2.45, 2.75) is 38.1 Å². The van der Waals surface area contributed by atoms with E-state index in [0.29, 0.717) is 28.5 Å². The van der Waals surface area contributed by atoms with Gasteiger partial charge in [-0.1, -0.05) is 24.3 Å². The Morgan fingerprint density at radius 2 is 1.97 bits per heavy atom. The van der Waals surface area contributed by atoms with Crippen LogP contribution in [0, 0.1) is 12.8 Å². The van der Waals surface area contributed by atoms with E-state index in [4.69, 9.17) is 4.98 Å². The van der Waals surface area contributed by atoms with Gasteiger partial charge in [0, 0.05) is 19.1 Å². The summed E-state index contributed by atoms with van der Waals surface area (Å²) in [6, 6.07) is 14.3. The molecule has 37 heavy (non-hydrogen) atoms. The minimum atomic E-state index is -1.69. The summed E-state index contributed by atoms with van der Waals surface area (Å²) in [4.78, 5) is 25.3. The SMILES string of the molecule is Cc1nc(NCc2cccc(C(=O)O)c2)nc(N[C@]2(O)CC[C@H](CO)[C@H]2O)c1-c1nc2ccccc2s1. The number of carboxylic acid groups (broad SMARTS) is 1. The fourth-order valence-electron chi connectivity index (χ4n) is 4.61. The highest BCUT2D eigenvalue weighted by Crippen LogP contribution is 2.40. The molecule has 0 aliphatic heterocycles. The van der Waals surface area contributed by atoms with Crippen LogP contribution < -0.4 is 10.6 Å². The third kappa shape index (κ3) is 4.98. The molecule has 0 bridgehead atoms. The van der Waals surface area contributed by atoms with Gasteiger partial charge in [-0.25, -0.2) is 14.8 Å². The van der Waals surface area contributed by atoms with Gasteiger partial charge in [0.2, 0.25) is 5.95 Å². The standard InChI is InChI=1S/C26H27N5O5S/c1-14-20(23-29-18-7-2-3-8-19(18)37-23)22(31-26(36)10-9-17(13-32)21(26)33)30-25(28-14)27-12-15-5-4-6-16(11-15)24(34)35/h2-8,11,17,21,32-33,36H,9-10,12-13H2,1H3,(H,34,35)(H2,27,28,30,31)/t17-,21-,26+/m1/s1. The Morgan fingerprint density at radius 3 is 2.70 bits per heavy atom. The van der Waals surface area contributed by atoms with Gasteiger partial charge in [0.1, 0.15) is 16.9 Å².